The second-order valence-corrected chi connectivity index (χ2v) is 3.71. The summed E-state index contributed by atoms with van der Waals surface area (Å²) in [6.45, 7) is 2.95. The van der Waals surface area contributed by atoms with Crippen LogP contribution in [0, 0.1) is 0 Å². The van der Waals surface area contributed by atoms with E-state index in [0.29, 0.717) is 0 Å². The molecule has 2 heteroatoms. The fourth-order valence-electron chi connectivity index (χ4n) is 1.61. The van der Waals surface area contributed by atoms with E-state index in [-0.39, 0.29) is 0 Å². The number of hydrogen-bond acceptors (Lipinski definition) is 2. The fraction of sp³-hybridized carbons (Fsp3) is 0.133. The molecule has 0 N–H and O–H groups in total. The maximum Gasteiger partial charge on any atom is 0.0593 e. The van der Waals surface area contributed by atoms with Gasteiger partial charge in [-0.3, -0.25) is 5.01 Å². The summed E-state index contributed by atoms with van der Waals surface area (Å²) in [4.78, 5) is 0. The first-order valence-corrected chi connectivity index (χ1v) is 5.82. The van der Waals surface area contributed by atoms with Gasteiger partial charge in [-0.2, -0.15) is 5.10 Å². The molecular weight excluding hydrogens is 208 g/mol. The molecule has 0 fully saturated rings. The Labute approximate surface area is 102 Å². The summed E-state index contributed by atoms with van der Waals surface area (Å²) >= 11 is 0. The van der Waals surface area contributed by atoms with Crippen LogP contribution in [-0.2, 0) is 0 Å². The molecule has 0 saturated carbocycles. The van der Waals surface area contributed by atoms with Crippen LogP contribution in [0.1, 0.15) is 12.5 Å². The van der Waals surface area contributed by atoms with Crippen molar-refractivity contribution < 1.29 is 0 Å². The summed E-state index contributed by atoms with van der Waals surface area (Å²) < 4.78 is 0. The first-order chi connectivity index (χ1) is 8.40. The Morgan fingerprint density at radius 1 is 0.941 bits per heavy atom. The van der Waals surface area contributed by atoms with Gasteiger partial charge in [0, 0.05) is 6.54 Å². The molecule has 0 aromatic heterocycles. The standard InChI is InChI=1S/C15H16N2/c1-2-17(15-11-7-4-8-12-15)16-13-14-9-5-3-6-10-14/h3-13H,2H2,1H3/b16-13+. The van der Waals surface area contributed by atoms with Gasteiger partial charge in [0.05, 0.1) is 11.9 Å². The molecule has 0 aliphatic carbocycles. The number of anilines is 1. The zero-order valence-electron chi connectivity index (χ0n) is 9.95. The Hall–Kier alpha value is -2.09. The van der Waals surface area contributed by atoms with Crippen LogP contribution in [0.5, 0.6) is 0 Å². The van der Waals surface area contributed by atoms with Crippen molar-refractivity contribution in [2.75, 3.05) is 11.6 Å². The number of benzene rings is 2. The molecule has 0 saturated heterocycles. The van der Waals surface area contributed by atoms with E-state index in [0.717, 1.165) is 17.8 Å². The lowest BCUT2D eigenvalue weighted by Gasteiger charge is -2.16. The van der Waals surface area contributed by atoms with Crippen molar-refractivity contribution in [2.45, 2.75) is 6.92 Å². The number of hydrazone groups is 1. The average molecular weight is 224 g/mol. The maximum absolute atomic E-state index is 4.49. The van der Waals surface area contributed by atoms with E-state index in [2.05, 4.69) is 24.2 Å². The molecule has 2 rings (SSSR count). The highest BCUT2D eigenvalue weighted by Gasteiger charge is 1.99. The third-order valence-electron chi connectivity index (χ3n) is 2.50. The van der Waals surface area contributed by atoms with E-state index in [1.165, 1.54) is 0 Å². The van der Waals surface area contributed by atoms with E-state index in [1.54, 1.807) is 0 Å². The van der Waals surface area contributed by atoms with Crippen molar-refractivity contribution in [1.29, 1.82) is 0 Å². The zero-order chi connectivity index (χ0) is 11.9. The van der Waals surface area contributed by atoms with E-state index < -0.39 is 0 Å². The van der Waals surface area contributed by atoms with Crippen molar-refractivity contribution >= 4 is 11.9 Å². The quantitative estimate of drug-likeness (QED) is 0.573. The van der Waals surface area contributed by atoms with Crippen LogP contribution >= 0.6 is 0 Å². The maximum atomic E-state index is 4.49. The van der Waals surface area contributed by atoms with Gasteiger partial charge in [-0.25, -0.2) is 0 Å². The lowest BCUT2D eigenvalue weighted by molar-refractivity contribution is 0.897. The predicted octanol–water partition coefficient (Wildman–Crippen LogP) is 3.55. The van der Waals surface area contributed by atoms with Crippen molar-refractivity contribution in [1.82, 2.24) is 0 Å². The predicted molar refractivity (Wildman–Crippen MR) is 73.5 cm³/mol. The van der Waals surface area contributed by atoms with Crippen LogP contribution in [0.25, 0.3) is 0 Å². The Kier molecular flexibility index (Phi) is 3.92. The molecule has 86 valence electrons. The topological polar surface area (TPSA) is 15.6 Å². The van der Waals surface area contributed by atoms with Gasteiger partial charge in [-0.1, -0.05) is 48.5 Å². The van der Waals surface area contributed by atoms with Crippen molar-refractivity contribution in [3.8, 4) is 0 Å². The normalized spacial score (nSPS) is 10.6. The molecule has 0 unspecified atom stereocenters. The Balaban J connectivity index is 2.14. The average Bonchev–Trinajstić information content (AvgIpc) is 2.42. The summed E-state index contributed by atoms with van der Waals surface area (Å²) in [5.74, 6) is 0. The highest BCUT2D eigenvalue weighted by Crippen LogP contribution is 2.12. The third-order valence-corrected chi connectivity index (χ3v) is 2.50. The highest BCUT2D eigenvalue weighted by molar-refractivity contribution is 5.80. The lowest BCUT2D eigenvalue weighted by Crippen LogP contribution is -2.15. The molecule has 2 nitrogen and oxygen atoms in total. The number of nitrogens with zero attached hydrogens (tertiary/aromatic N) is 2. The molecule has 0 amide bonds. The van der Waals surface area contributed by atoms with Crippen LogP contribution in [0.3, 0.4) is 0 Å². The van der Waals surface area contributed by atoms with Gasteiger partial charge in [-0.05, 0) is 24.6 Å². The molecule has 0 radical (unpaired) electrons. The number of rotatable bonds is 4. The Morgan fingerprint density at radius 3 is 2.12 bits per heavy atom. The van der Waals surface area contributed by atoms with Crippen LogP contribution in [0.4, 0.5) is 5.69 Å². The van der Waals surface area contributed by atoms with Gasteiger partial charge < -0.3 is 0 Å². The highest BCUT2D eigenvalue weighted by atomic mass is 15.4. The first-order valence-electron chi connectivity index (χ1n) is 5.82. The van der Waals surface area contributed by atoms with Gasteiger partial charge in [0.1, 0.15) is 0 Å². The second kappa shape index (κ2) is 5.85. The van der Waals surface area contributed by atoms with Crippen LogP contribution in [0.2, 0.25) is 0 Å². The van der Waals surface area contributed by atoms with Crippen molar-refractivity contribution in [3.05, 3.63) is 66.2 Å². The summed E-state index contributed by atoms with van der Waals surface area (Å²) in [5, 5.41) is 6.47. The SMILES string of the molecule is CCN(/N=C/c1ccccc1)c1ccccc1. The lowest BCUT2D eigenvalue weighted by atomic mass is 10.2. The molecule has 0 spiro atoms. The smallest absolute Gasteiger partial charge is 0.0593 e. The molecular formula is C15H16N2. The minimum Gasteiger partial charge on any atom is -0.266 e. The Morgan fingerprint density at radius 2 is 1.53 bits per heavy atom. The van der Waals surface area contributed by atoms with E-state index >= 15 is 0 Å². The van der Waals surface area contributed by atoms with Crippen LogP contribution in [-0.4, -0.2) is 12.8 Å². The van der Waals surface area contributed by atoms with Crippen molar-refractivity contribution in [2.24, 2.45) is 5.10 Å². The van der Waals surface area contributed by atoms with Gasteiger partial charge in [0.2, 0.25) is 0 Å². The van der Waals surface area contributed by atoms with E-state index in [9.17, 15) is 0 Å². The van der Waals surface area contributed by atoms with E-state index in [4.69, 9.17) is 0 Å². The second-order valence-electron chi connectivity index (χ2n) is 3.71. The molecule has 0 aliphatic heterocycles. The van der Waals surface area contributed by atoms with Gasteiger partial charge in [-0.15, -0.1) is 0 Å². The Bertz CT molecular complexity index is 463. The molecule has 0 atom stereocenters. The number of para-hydroxylation sites is 1. The molecule has 2 aromatic carbocycles. The number of hydrogen-bond donors (Lipinski definition) is 0. The van der Waals surface area contributed by atoms with Gasteiger partial charge in [0.15, 0.2) is 0 Å². The monoisotopic (exact) mass is 224 g/mol. The fourth-order valence-corrected chi connectivity index (χ4v) is 1.61. The summed E-state index contributed by atoms with van der Waals surface area (Å²) in [6, 6.07) is 20.3. The molecule has 0 heterocycles. The molecule has 2 aromatic rings. The zero-order valence-corrected chi connectivity index (χ0v) is 9.95. The third kappa shape index (κ3) is 3.18. The van der Waals surface area contributed by atoms with E-state index in [1.807, 2.05) is 59.8 Å². The minimum atomic E-state index is 0.855. The minimum absolute atomic E-state index is 0.855. The van der Waals surface area contributed by atoms with Crippen LogP contribution in [0.15, 0.2) is 65.8 Å². The molecule has 0 bridgehead atoms. The van der Waals surface area contributed by atoms with Gasteiger partial charge >= 0.3 is 0 Å². The largest absolute Gasteiger partial charge is 0.266 e. The van der Waals surface area contributed by atoms with Crippen molar-refractivity contribution in [3.63, 3.8) is 0 Å². The van der Waals surface area contributed by atoms with Crippen LogP contribution < -0.4 is 5.01 Å². The summed E-state index contributed by atoms with van der Waals surface area (Å²) in [7, 11) is 0. The molecule has 17 heavy (non-hydrogen) atoms. The summed E-state index contributed by atoms with van der Waals surface area (Å²) in [5.41, 5.74) is 2.23. The molecule has 0 aliphatic rings. The summed E-state index contributed by atoms with van der Waals surface area (Å²) in [6.07, 6.45) is 1.89. The first kappa shape index (κ1) is 11.4. The van der Waals surface area contributed by atoms with Gasteiger partial charge in [0.25, 0.3) is 0 Å².